The highest BCUT2D eigenvalue weighted by Crippen LogP contribution is 2.38. The van der Waals surface area contributed by atoms with E-state index in [9.17, 15) is 0 Å². The second-order valence-electron chi connectivity index (χ2n) is 3.91. The third-order valence-corrected chi connectivity index (χ3v) is 5.60. The van der Waals surface area contributed by atoms with Crippen molar-refractivity contribution in [2.45, 2.75) is 13.0 Å². The molecule has 1 atom stereocenters. The van der Waals surface area contributed by atoms with Crippen molar-refractivity contribution < 1.29 is 0 Å². The number of halogens is 3. The van der Waals surface area contributed by atoms with Crippen molar-refractivity contribution in [3.05, 3.63) is 54.1 Å². The van der Waals surface area contributed by atoms with Crippen molar-refractivity contribution >= 4 is 50.5 Å². The molecular weight excluding hydrogens is 353 g/mol. The largest absolute Gasteiger partial charge is 0.309 e. The van der Waals surface area contributed by atoms with Crippen LogP contribution in [0.2, 0.25) is 10.0 Å². The summed E-state index contributed by atoms with van der Waals surface area (Å²) in [7, 11) is 1.91. The molecule has 0 radical (unpaired) electrons. The minimum absolute atomic E-state index is 0.0150. The SMILES string of the molecule is CNC(c1cc(Br)c(C)s1)c1c(Cl)cccc1Cl. The van der Waals surface area contributed by atoms with Crippen molar-refractivity contribution in [2.75, 3.05) is 7.05 Å². The summed E-state index contributed by atoms with van der Waals surface area (Å²) in [5.74, 6) is 0. The predicted molar refractivity (Wildman–Crippen MR) is 84.1 cm³/mol. The molecule has 5 heteroatoms. The summed E-state index contributed by atoms with van der Waals surface area (Å²) in [6, 6.07) is 7.71. The molecule has 1 unspecified atom stereocenters. The number of rotatable bonds is 3. The smallest absolute Gasteiger partial charge is 0.0698 e. The Morgan fingerprint density at radius 1 is 1.28 bits per heavy atom. The summed E-state index contributed by atoms with van der Waals surface area (Å²) < 4.78 is 1.12. The molecule has 1 aromatic carbocycles. The Bertz CT molecular complexity index is 528. The van der Waals surface area contributed by atoms with Crippen LogP contribution in [0.4, 0.5) is 0 Å². The van der Waals surface area contributed by atoms with Crippen LogP contribution in [0.3, 0.4) is 0 Å². The number of aryl methyl sites for hydroxylation is 1. The van der Waals surface area contributed by atoms with Gasteiger partial charge in [0, 0.05) is 29.8 Å². The van der Waals surface area contributed by atoms with Crippen molar-refractivity contribution in [1.82, 2.24) is 5.32 Å². The summed E-state index contributed by atoms with van der Waals surface area (Å²) in [6.07, 6.45) is 0. The minimum Gasteiger partial charge on any atom is -0.309 e. The van der Waals surface area contributed by atoms with Crippen LogP contribution in [-0.2, 0) is 0 Å². The monoisotopic (exact) mass is 363 g/mol. The van der Waals surface area contributed by atoms with Gasteiger partial charge in [-0.25, -0.2) is 0 Å². The first kappa shape index (κ1) is 14.4. The highest BCUT2D eigenvalue weighted by Gasteiger charge is 2.20. The maximum absolute atomic E-state index is 6.27. The van der Waals surface area contributed by atoms with Crippen molar-refractivity contribution in [3.8, 4) is 0 Å². The van der Waals surface area contributed by atoms with Crippen LogP contribution >= 0.6 is 50.5 Å². The van der Waals surface area contributed by atoms with Crippen LogP contribution in [0.1, 0.15) is 21.4 Å². The fourth-order valence-corrected chi connectivity index (χ4v) is 4.14. The molecule has 0 bridgehead atoms. The predicted octanol–water partition coefficient (Wildman–Crippen LogP) is 5.43. The van der Waals surface area contributed by atoms with Crippen LogP contribution in [-0.4, -0.2) is 7.05 Å². The van der Waals surface area contributed by atoms with Gasteiger partial charge in [-0.2, -0.15) is 0 Å². The third kappa shape index (κ3) is 2.75. The Morgan fingerprint density at radius 2 is 1.89 bits per heavy atom. The average Bonchev–Trinajstić information content (AvgIpc) is 2.64. The summed E-state index contributed by atoms with van der Waals surface area (Å²) in [5.41, 5.74) is 0.928. The molecule has 0 aliphatic heterocycles. The lowest BCUT2D eigenvalue weighted by Crippen LogP contribution is -2.17. The van der Waals surface area contributed by atoms with E-state index in [1.807, 2.05) is 25.2 Å². The Balaban J connectivity index is 2.52. The van der Waals surface area contributed by atoms with Gasteiger partial charge in [-0.15, -0.1) is 11.3 Å². The van der Waals surface area contributed by atoms with Crippen LogP contribution in [0.25, 0.3) is 0 Å². The zero-order valence-electron chi connectivity index (χ0n) is 9.93. The molecule has 0 aliphatic carbocycles. The van der Waals surface area contributed by atoms with Gasteiger partial charge >= 0.3 is 0 Å². The standard InChI is InChI=1S/C13H12BrCl2NS/c1-7-8(14)6-11(18-7)13(17-2)12-9(15)4-3-5-10(12)16/h3-6,13,17H,1-2H3. The fourth-order valence-electron chi connectivity index (χ4n) is 1.84. The van der Waals surface area contributed by atoms with Gasteiger partial charge in [0.25, 0.3) is 0 Å². The molecule has 18 heavy (non-hydrogen) atoms. The Morgan fingerprint density at radius 3 is 2.33 bits per heavy atom. The first-order chi connectivity index (χ1) is 8.54. The van der Waals surface area contributed by atoms with E-state index >= 15 is 0 Å². The molecular formula is C13H12BrCl2NS. The number of hydrogen-bond acceptors (Lipinski definition) is 2. The van der Waals surface area contributed by atoms with E-state index in [0.717, 1.165) is 10.0 Å². The van der Waals surface area contributed by atoms with Gasteiger partial charge in [0.2, 0.25) is 0 Å². The summed E-state index contributed by atoms with van der Waals surface area (Å²) in [5, 5.41) is 4.65. The molecule has 0 saturated heterocycles. The molecule has 1 nitrogen and oxygen atoms in total. The van der Waals surface area contributed by atoms with Crippen LogP contribution < -0.4 is 5.32 Å². The lowest BCUT2D eigenvalue weighted by Gasteiger charge is -2.18. The van der Waals surface area contributed by atoms with E-state index in [0.29, 0.717) is 10.0 Å². The van der Waals surface area contributed by atoms with Crippen molar-refractivity contribution in [3.63, 3.8) is 0 Å². The normalized spacial score (nSPS) is 12.7. The lowest BCUT2D eigenvalue weighted by molar-refractivity contribution is 0.704. The minimum atomic E-state index is 0.0150. The second kappa shape index (κ2) is 5.93. The first-order valence-corrected chi connectivity index (χ1v) is 7.78. The Hall–Kier alpha value is -0.0600. The Labute approximate surface area is 129 Å². The van der Waals surface area contributed by atoms with Crippen LogP contribution in [0, 0.1) is 6.92 Å². The summed E-state index contributed by atoms with van der Waals surface area (Å²) in [6.45, 7) is 2.08. The summed E-state index contributed by atoms with van der Waals surface area (Å²) >= 11 is 17.8. The molecule has 0 aliphatic rings. The maximum atomic E-state index is 6.27. The first-order valence-electron chi connectivity index (χ1n) is 5.41. The van der Waals surface area contributed by atoms with Crippen molar-refractivity contribution in [2.24, 2.45) is 0 Å². The van der Waals surface area contributed by atoms with E-state index in [4.69, 9.17) is 23.2 Å². The van der Waals surface area contributed by atoms with Crippen LogP contribution in [0.5, 0.6) is 0 Å². The molecule has 0 amide bonds. The van der Waals surface area contributed by atoms with Gasteiger partial charge in [0.15, 0.2) is 0 Å². The zero-order chi connectivity index (χ0) is 13.3. The molecule has 0 fully saturated rings. The second-order valence-corrected chi connectivity index (χ2v) is 6.87. The van der Waals surface area contributed by atoms with Gasteiger partial charge in [0.05, 0.1) is 6.04 Å². The number of hydrogen-bond donors (Lipinski definition) is 1. The van der Waals surface area contributed by atoms with Gasteiger partial charge in [-0.05, 0) is 48.1 Å². The maximum Gasteiger partial charge on any atom is 0.0698 e. The van der Waals surface area contributed by atoms with Crippen LogP contribution in [0.15, 0.2) is 28.7 Å². The molecule has 2 rings (SSSR count). The van der Waals surface area contributed by atoms with Gasteiger partial charge < -0.3 is 5.32 Å². The van der Waals surface area contributed by atoms with Crippen molar-refractivity contribution in [1.29, 1.82) is 0 Å². The fraction of sp³-hybridized carbons (Fsp3) is 0.231. The number of thiophene rings is 1. The Kier molecular flexibility index (Phi) is 4.73. The van der Waals surface area contributed by atoms with E-state index in [1.54, 1.807) is 11.3 Å². The van der Waals surface area contributed by atoms with E-state index in [2.05, 4.69) is 34.2 Å². The molecule has 1 aromatic heterocycles. The summed E-state index contributed by atoms with van der Waals surface area (Å²) in [4.78, 5) is 2.44. The van der Waals surface area contributed by atoms with E-state index in [1.165, 1.54) is 9.75 Å². The topological polar surface area (TPSA) is 12.0 Å². The quantitative estimate of drug-likeness (QED) is 0.765. The molecule has 1 heterocycles. The lowest BCUT2D eigenvalue weighted by atomic mass is 10.1. The number of benzene rings is 1. The van der Waals surface area contributed by atoms with E-state index < -0.39 is 0 Å². The average molecular weight is 365 g/mol. The molecule has 0 spiro atoms. The highest BCUT2D eigenvalue weighted by molar-refractivity contribution is 9.10. The van der Waals surface area contributed by atoms with Gasteiger partial charge in [-0.3, -0.25) is 0 Å². The number of nitrogens with one attached hydrogen (secondary N) is 1. The zero-order valence-corrected chi connectivity index (χ0v) is 13.8. The highest BCUT2D eigenvalue weighted by atomic mass is 79.9. The van der Waals surface area contributed by atoms with E-state index in [-0.39, 0.29) is 6.04 Å². The van der Waals surface area contributed by atoms with Gasteiger partial charge in [-0.1, -0.05) is 29.3 Å². The molecule has 2 aromatic rings. The van der Waals surface area contributed by atoms with Gasteiger partial charge in [0.1, 0.15) is 0 Å². The molecule has 0 saturated carbocycles. The molecule has 96 valence electrons. The third-order valence-electron chi connectivity index (χ3n) is 2.74. The molecule has 1 N–H and O–H groups in total.